The zero-order valence-electron chi connectivity index (χ0n) is 56.0. The van der Waals surface area contributed by atoms with Crippen LogP contribution in [-0.4, -0.2) is 9.55 Å². The second kappa shape index (κ2) is 20.0. The molecule has 394 valence electrons. The van der Waals surface area contributed by atoms with Crippen molar-refractivity contribution in [2.45, 2.75) is 84.4 Å². The van der Waals surface area contributed by atoms with E-state index in [0.717, 1.165) is 57.2 Å². The van der Waals surface area contributed by atoms with E-state index in [-0.39, 0.29) is 77.8 Å². The minimum Gasteiger partial charge on any atom is -0.509 e. The monoisotopic (exact) mass is 1220 g/mol. The van der Waals surface area contributed by atoms with Gasteiger partial charge < -0.3 is 19.1 Å². The predicted octanol–water partition coefficient (Wildman–Crippen LogP) is 19.6. The van der Waals surface area contributed by atoms with Gasteiger partial charge in [-0.3, -0.25) is 0 Å². The Kier molecular flexibility index (Phi) is 10.2. The van der Waals surface area contributed by atoms with Gasteiger partial charge >= 0.3 is 0 Å². The van der Waals surface area contributed by atoms with E-state index in [1.165, 1.54) is 11.1 Å². The molecule has 0 amide bonds. The maximum atomic E-state index is 10.2. The van der Waals surface area contributed by atoms with Crippen molar-refractivity contribution < 1.29 is 40.9 Å². The summed E-state index contributed by atoms with van der Waals surface area (Å²) in [5.41, 5.74) is 9.19. The van der Waals surface area contributed by atoms with Crippen molar-refractivity contribution in [3.8, 4) is 61.8 Å². The van der Waals surface area contributed by atoms with Gasteiger partial charge in [-0.15, -0.1) is 48.1 Å². The van der Waals surface area contributed by atoms with Crippen LogP contribution in [0.2, 0.25) is 0 Å². The van der Waals surface area contributed by atoms with Gasteiger partial charge in [0.2, 0.25) is 0 Å². The number of anilines is 4. The fourth-order valence-electron chi connectivity index (χ4n) is 11.3. The van der Waals surface area contributed by atoms with E-state index in [1.807, 2.05) is 164 Å². The van der Waals surface area contributed by atoms with Crippen LogP contribution >= 0.6 is 0 Å². The SMILES string of the molecule is [2H]c1c([2H])c([2H])c(-c2c([2H])c(-c3cccc(-c4ccc5c(c4)C(C)(C)CCC5(C)C)c3N3[CH-]N(c4[c-]c(Oc5[c-]c6c(cc5)c5ccccc5n6-c5cc(C([2H])([2H])[2H])c(-c6ccccc6)cn5)ccc4)c4ccccc43)c([2H])c(C(C)(C)C)c2[2H])c([2H])c1[2H].[Pt]. The molecule has 11 aromatic rings. The molecule has 0 saturated heterocycles. The molecule has 0 fully saturated rings. The van der Waals surface area contributed by atoms with Crippen molar-refractivity contribution in [1.29, 1.82) is 0 Å². The van der Waals surface area contributed by atoms with Crippen LogP contribution in [0.1, 0.15) is 98.6 Å². The van der Waals surface area contributed by atoms with E-state index in [1.54, 1.807) is 12.3 Å². The summed E-state index contributed by atoms with van der Waals surface area (Å²) in [5, 5.41) is 1.79. The number of fused-ring (bicyclic) bond motifs is 5. The zero-order valence-corrected chi connectivity index (χ0v) is 47.3. The van der Waals surface area contributed by atoms with Gasteiger partial charge in [0.05, 0.1) is 11.0 Å². The van der Waals surface area contributed by atoms with Gasteiger partial charge in [0, 0.05) is 82.1 Å². The summed E-state index contributed by atoms with van der Waals surface area (Å²) in [6.45, 7) is 14.3. The molecule has 5 nitrogen and oxygen atoms in total. The van der Waals surface area contributed by atoms with Crippen molar-refractivity contribution in [3.63, 3.8) is 0 Å². The molecule has 0 saturated carbocycles. The number of rotatable bonds is 9. The Hall–Kier alpha value is -7.98. The summed E-state index contributed by atoms with van der Waals surface area (Å²) in [5.74, 6) is 1.17. The van der Waals surface area contributed by atoms with Gasteiger partial charge in [-0.2, -0.15) is 12.1 Å². The van der Waals surface area contributed by atoms with E-state index in [2.05, 4.69) is 62.9 Å². The number of aromatic nitrogens is 2. The molecule has 2 aromatic heterocycles. The second-order valence-corrected chi connectivity index (χ2v) is 22.7. The van der Waals surface area contributed by atoms with Gasteiger partial charge in [-0.25, -0.2) is 4.98 Å². The summed E-state index contributed by atoms with van der Waals surface area (Å²) in [6.07, 6.45) is 3.64. The largest absolute Gasteiger partial charge is 0.509 e. The van der Waals surface area contributed by atoms with Gasteiger partial charge in [-0.1, -0.05) is 193 Å². The van der Waals surface area contributed by atoms with Gasteiger partial charge in [0.15, 0.2) is 0 Å². The Bertz CT molecular complexity index is 4700. The molecule has 3 heterocycles. The molecule has 0 unspecified atom stereocenters. The number of ether oxygens (including phenoxy) is 1. The summed E-state index contributed by atoms with van der Waals surface area (Å²) in [6, 6.07) is 52.4. The molecule has 0 spiro atoms. The summed E-state index contributed by atoms with van der Waals surface area (Å²) in [4.78, 5) is 8.96. The number of hydrogen-bond donors (Lipinski definition) is 0. The molecule has 0 N–H and O–H groups in total. The molecule has 1 aliphatic carbocycles. The first-order chi connectivity index (χ1) is 42.2. The van der Waals surface area contributed by atoms with E-state index in [9.17, 15) is 4.11 Å². The molecule has 2 aliphatic rings. The Morgan fingerprint density at radius 1 is 0.595 bits per heavy atom. The minimum atomic E-state index is -2.45. The fourth-order valence-corrected chi connectivity index (χ4v) is 11.3. The average Bonchev–Trinajstić information content (AvgIpc) is 1.05. The average molecular weight is 1220 g/mol. The van der Waals surface area contributed by atoms with Crippen LogP contribution in [0.15, 0.2) is 206 Å². The number of hydrogen-bond acceptors (Lipinski definition) is 4. The standard InChI is InChI=1S/C73H63N4O.Pt/c1-48-39-69(74-46-62(48)50-23-13-10-14-24-50)77-65-30-16-15-27-60(65)61-35-34-57(45-68(61)77)78-56-26-19-25-55(44-56)75-47-76(67-32-18-17-31-66(67)75)70-58(51-33-36-63-64(43-51)73(7,8)38-37-72(63,5)6)28-20-29-59(70)53-40-52(49-21-11-9-12-22-49)41-54(42-53)71(2,3)4;/h9-36,39-43,46-47H,37-38H2,1-8H3;/q-3;/i1D3,9D,11D,12D,21D,22D,40D,41D,42D;. The summed E-state index contributed by atoms with van der Waals surface area (Å²) in [7, 11) is 0. The molecule has 6 heteroatoms. The Labute approximate surface area is 495 Å². The smallest absolute Gasteiger partial charge is 0.135 e. The van der Waals surface area contributed by atoms with Gasteiger partial charge in [0.25, 0.3) is 0 Å². The third kappa shape index (κ3) is 9.36. The third-order valence-electron chi connectivity index (χ3n) is 15.6. The molecular formula is C73H63N4OPt-3. The van der Waals surface area contributed by atoms with Crippen LogP contribution in [0.3, 0.4) is 0 Å². The van der Waals surface area contributed by atoms with Crippen molar-refractivity contribution >= 4 is 44.6 Å². The van der Waals surface area contributed by atoms with Gasteiger partial charge in [0.1, 0.15) is 5.82 Å². The molecule has 0 atom stereocenters. The molecular weight excluding hydrogens is 1140 g/mol. The number of nitrogens with zero attached hydrogens (tertiary/aromatic N) is 4. The maximum absolute atomic E-state index is 10.2. The quantitative estimate of drug-likeness (QED) is 0.135. The third-order valence-corrected chi connectivity index (χ3v) is 15.6. The number of benzene rings is 9. The summed E-state index contributed by atoms with van der Waals surface area (Å²) >= 11 is 0. The number of aryl methyl sites for hydroxylation is 1. The van der Waals surface area contributed by atoms with Gasteiger partial charge in [-0.05, 0) is 122 Å². The van der Waals surface area contributed by atoms with E-state index >= 15 is 0 Å². The van der Waals surface area contributed by atoms with Crippen LogP contribution in [0.5, 0.6) is 11.5 Å². The van der Waals surface area contributed by atoms with Crippen molar-refractivity contribution in [3.05, 3.63) is 247 Å². The topological polar surface area (TPSA) is 33.5 Å². The van der Waals surface area contributed by atoms with Crippen molar-refractivity contribution in [2.24, 2.45) is 0 Å². The molecule has 0 bridgehead atoms. The van der Waals surface area contributed by atoms with E-state index in [0.29, 0.717) is 45.3 Å². The second-order valence-electron chi connectivity index (χ2n) is 22.7. The molecule has 0 radical (unpaired) electrons. The molecule has 9 aromatic carbocycles. The Morgan fingerprint density at radius 3 is 2.05 bits per heavy atom. The van der Waals surface area contributed by atoms with Crippen LogP contribution in [0, 0.1) is 25.7 Å². The minimum absolute atomic E-state index is 0. The van der Waals surface area contributed by atoms with Crippen LogP contribution < -0.4 is 14.5 Å². The normalized spacial score (nSPS) is 16.6. The van der Waals surface area contributed by atoms with Crippen molar-refractivity contribution in [1.82, 2.24) is 9.55 Å². The maximum Gasteiger partial charge on any atom is 0.135 e. The molecule has 1 aliphatic heterocycles. The van der Waals surface area contributed by atoms with Crippen LogP contribution in [0.4, 0.5) is 22.7 Å². The predicted molar refractivity (Wildman–Crippen MR) is 325 cm³/mol. The summed E-state index contributed by atoms with van der Waals surface area (Å²) < 4.78 is 109. The molecule has 79 heavy (non-hydrogen) atoms. The Morgan fingerprint density at radius 2 is 1.28 bits per heavy atom. The first-order valence-electron chi connectivity index (χ1n) is 32.0. The van der Waals surface area contributed by atoms with Crippen LogP contribution in [-0.2, 0) is 37.3 Å². The number of pyridine rings is 1. The Balaban J connectivity index is 0.00000785. The first-order valence-corrected chi connectivity index (χ1v) is 26.5. The molecule has 13 rings (SSSR count). The van der Waals surface area contributed by atoms with Crippen LogP contribution in [0.25, 0.3) is 72.1 Å². The van der Waals surface area contributed by atoms with Crippen molar-refractivity contribution in [2.75, 3.05) is 9.80 Å². The first kappa shape index (κ1) is 40.2. The van der Waals surface area contributed by atoms with E-state index < -0.39 is 42.5 Å². The fraction of sp³-hybridized carbons (Fsp3) is 0.178. The van der Waals surface area contributed by atoms with E-state index in [4.69, 9.17) is 20.7 Å². The zero-order chi connectivity index (χ0) is 63.0. The number of para-hydroxylation sites is 4.